The van der Waals surface area contributed by atoms with Gasteiger partial charge in [-0.25, -0.2) is 4.98 Å². The number of hydrogen-bond acceptors (Lipinski definition) is 6. The van der Waals surface area contributed by atoms with Gasteiger partial charge in [-0.2, -0.15) is 0 Å². The second-order valence-electron chi connectivity index (χ2n) is 4.47. The Balaban J connectivity index is 1.82. The molecule has 1 amide bonds. The molecule has 0 saturated heterocycles. The lowest BCUT2D eigenvalue weighted by molar-refractivity contribution is -0.144. The molecule has 110 valence electrons. The van der Waals surface area contributed by atoms with Crippen molar-refractivity contribution >= 4 is 28.3 Å². The second kappa shape index (κ2) is 6.94. The van der Waals surface area contributed by atoms with Crippen LogP contribution in [0.5, 0.6) is 0 Å². The molecule has 7 heteroatoms. The highest BCUT2D eigenvalue weighted by Crippen LogP contribution is 2.16. The number of esters is 1. The third-order valence-electron chi connectivity index (χ3n) is 2.54. The first-order valence-electron chi connectivity index (χ1n) is 6.32. The van der Waals surface area contributed by atoms with E-state index in [0.29, 0.717) is 10.8 Å². The maximum atomic E-state index is 11.7. The third-order valence-corrected chi connectivity index (χ3v) is 3.34. The first kappa shape index (κ1) is 15.1. The highest BCUT2D eigenvalue weighted by atomic mass is 32.1. The number of carbonyl (C=O) groups is 2. The minimum Gasteiger partial charge on any atom is -0.459 e. The summed E-state index contributed by atoms with van der Waals surface area (Å²) in [4.78, 5) is 30.9. The number of carbonyl (C=O) groups excluding carboxylic acids is 2. The average Bonchev–Trinajstić information content (AvgIpc) is 2.86. The molecule has 0 atom stereocenters. The van der Waals surface area contributed by atoms with Crippen LogP contribution in [0.2, 0.25) is 0 Å². The highest BCUT2D eigenvalue weighted by molar-refractivity contribution is 7.13. The smallest absolute Gasteiger partial charge is 0.310 e. The number of amides is 1. The Hall–Kier alpha value is -2.28. The van der Waals surface area contributed by atoms with Gasteiger partial charge in [-0.05, 0) is 18.6 Å². The van der Waals surface area contributed by atoms with E-state index in [4.69, 9.17) is 4.74 Å². The molecular weight excluding hydrogens is 290 g/mol. The number of thiazole rings is 1. The summed E-state index contributed by atoms with van der Waals surface area (Å²) in [6.45, 7) is 3.39. The van der Waals surface area contributed by atoms with Crippen molar-refractivity contribution in [3.8, 4) is 0 Å². The summed E-state index contributed by atoms with van der Waals surface area (Å²) in [6, 6.07) is 3.70. The Morgan fingerprint density at radius 2 is 2.19 bits per heavy atom. The van der Waals surface area contributed by atoms with Crippen LogP contribution in [-0.4, -0.2) is 21.8 Å². The number of aryl methyl sites for hydroxylation is 1. The molecular formula is C14H15N3O3S. The van der Waals surface area contributed by atoms with E-state index in [9.17, 15) is 9.59 Å². The van der Waals surface area contributed by atoms with Gasteiger partial charge in [0.05, 0.1) is 12.1 Å². The minimum atomic E-state index is -0.338. The third kappa shape index (κ3) is 4.96. The zero-order chi connectivity index (χ0) is 15.2. The number of ether oxygens (including phenoxy) is 1. The SMILES string of the molecule is CC(=O)Nc1nc(COC(=O)Cc2ccc(C)nc2)cs1. The van der Waals surface area contributed by atoms with E-state index in [1.165, 1.54) is 18.3 Å². The molecule has 0 bridgehead atoms. The molecule has 0 spiro atoms. The molecule has 0 aliphatic carbocycles. The van der Waals surface area contributed by atoms with Crippen molar-refractivity contribution in [2.45, 2.75) is 26.9 Å². The van der Waals surface area contributed by atoms with E-state index >= 15 is 0 Å². The number of aromatic nitrogens is 2. The van der Waals surface area contributed by atoms with Crippen molar-refractivity contribution in [1.82, 2.24) is 9.97 Å². The van der Waals surface area contributed by atoms with Gasteiger partial charge in [0.15, 0.2) is 5.13 Å². The molecule has 2 rings (SSSR count). The van der Waals surface area contributed by atoms with E-state index in [1.54, 1.807) is 11.6 Å². The number of anilines is 1. The van der Waals surface area contributed by atoms with Crippen molar-refractivity contribution in [2.75, 3.05) is 5.32 Å². The number of nitrogens with zero attached hydrogens (tertiary/aromatic N) is 2. The fourth-order valence-electron chi connectivity index (χ4n) is 1.56. The number of pyridine rings is 1. The van der Waals surface area contributed by atoms with Gasteiger partial charge in [0.25, 0.3) is 0 Å². The summed E-state index contributed by atoms with van der Waals surface area (Å²) in [6.07, 6.45) is 1.84. The number of rotatable bonds is 5. The number of nitrogens with one attached hydrogen (secondary N) is 1. The Labute approximate surface area is 126 Å². The first-order valence-corrected chi connectivity index (χ1v) is 7.20. The summed E-state index contributed by atoms with van der Waals surface area (Å²) in [5.41, 5.74) is 2.32. The molecule has 2 heterocycles. The lowest BCUT2D eigenvalue weighted by atomic mass is 10.2. The molecule has 0 saturated carbocycles. The van der Waals surface area contributed by atoms with Crippen molar-refractivity contribution < 1.29 is 14.3 Å². The Kier molecular flexibility index (Phi) is 4.99. The van der Waals surface area contributed by atoms with Gasteiger partial charge in [-0.1, -0.05) is 6.07 Å². The molecule has 0 aliphatic rings. The Morgan fingerprint density at radius 3 is 2.86 bits per heavy atom. The van der Waals surface area contributed by atoms with Crippen LogP contribution in [0.3, 0.4) is 0 Å². The monoisotopic (exact) mass is 305 g/mol. The van der Waals surface area contributed by atoms with E-state index in [1.807, 2.05) is 19.1 Å². The fourth-order valence-corrected chi connectivity index (χ4v) is 2.30. The summed E-state index contributed by atoms with van der Waals surface area (Å²) in [5.74, 6) is -0.519. The van der Waals surface area contributed by atoms with Crippen LogP contribution in [0.1, 0.15) is 23.9 Å². The van der Waals surface area contributed by atoms with Crippen molar-refractivity contribution in [1.29, 1.82) is 0 Å². The van der Waals surface area contributed by atoms with Crippen LogP contribution in [0.15, 0.2) is 23.7 Å². The second-order valence-corrected chi connectivity index (χ2v) is 5.33. The zero-order valence-electron chi connectivity index (χ0n) is 11.8. The van der Waals surface area contributed by atoms with Gasteiger partial charge in [0.1, 0.15) is 6.61 Å². The summed E-state index contributed by atoms with van der Waals surface area (Å²) >= 11 is 1.29. The minimum absolute atomic E-state index is 0.0915. The predicted octanol–water partition coefficient (Wildman–Crippen LogP) is 2.09. The van der Waals surface area contributed by atoms with Crippen LogP contribution in [0, 0.1) is 6.92 Å². The first-order chi connectivity index (χ1) is 10.0. The van der Waals surface area contributed by atoms with Gasteiger partial charge in [0.2, 0.25) is 5.91 Å². The summed E-state index contributed by atoms with van der Waals surface area (Å²) in [7, 11) is 0. The van der Waals surface area contributed by atoms with Crippen molar-refractivity contribution in [3.63, 3.8) is 0 Å². The van der Waals surface area contributed by atoms with Gasteiger partial charge < -0.3 is 10.1 Å². The summed E-state index contributed by atoms with van der Waals surface area (Å²) in [5, 5.41) is 4.82. The van der Waals surface area contributed by atoms with E-state index in [0.717, 1.165) is 11.3 Å². The highest BCUT2D eigenvalue weighted by Gasteiger charge is 2.08. The molecule has 2 aromatic rings. The Morgan fingerprint density at radius 1 is 1.38 bits per heavy atom. The van der Waals surface area contributed by atoms with Gasteiger partial charge in [-0.3, -0.25) is 14.6 Å². The maximum absolute atomic E-state index is 11.7. The normalized spacial score (nSPS) is 10.2. The lowest BCUT2D eigenvalue weighted by Crippen LogP contribution is -2.09. The molecule has 6 nitrogen and oxygen atoms in total. The zero-order valence-corrected chi connectivity index (χ0v) is 12.6. The van der Waals surface area contributed by atoms with E-state index in [2.05, 4.69) is 15.3 Å². The van der Waals surface area contributed by atoms with Crippen molar-refractivity contribution in [2.24, 2.45) is 0 Å². The molecule has 1 N–H and O–H groups in total. The van der Waals surface area contributed by atoms with Gasteiger partial charge in [-0.15, -0.1) is 11.3 Å². The van der Waals surface area contributed by atoms with Crippen LogP contribution >= 0.6 is 11.3 Å². The lowest BCUT2D eigenvalue weighted by Gasteiger charge is -2.03. The molecule has 0 unspecified atom stereocenters. The molecule has 0 radical (unpaired) electrons. The molecule has 0 aromatic carbocycles. The van der Waals surface area contributed by atoms with Crippen molar-refractivity contribution in [3.05, 3.63) is 40.7 Å². The Bertz CT molecular complexity index is 637. The van der Waals surface area contributed by atoms with E-state index in [-0.39, 0.29) is 24.9 Å². The largest absolute Gasteiger partial charge is 0.459 e. The maximum Gasteiger partial charge on any atom is 0.310 e. The summed E-state index contributed by atoms with van der Waals surface area (Å²) < 4.78 is 5.15. The molecule has 0 fully saturated rings. The van der Waals surface area contributed by atoms with Gasteiger partial charge in [0, 0.05) is 24.2 Å². The standard InChI is InChI=1S/C14H15N3O3S/c1-9-3-4-11(6-15-9)5-13(19)20-7-12-8-21-14(17-12)16-10(2)18/h3-4,6,8H,5,7H2,1-2H3,(H,16,17,18). The molecule has 2 aromatic heterocycles. The van der Waals surface area contributed by atoms with E-state index < -0.39 is 0 Å². The van der Waals surface area contributed by atoms with Gasteiger partial charge >= 0.3 is 5.97 Å². The quantitative estimate of drug-likeness (QED) is 0.855. The van der Waals surface area contributed by atoms with Crippen LogP contribution in [0.4, 0.5) is 5.13 Å². The predicted molar refractivity (Wildman–Crippen MR) is 78.9 cm³/mol. The van der Waals surface area contributed by atoms with Crippen LogP contribution in [0.25, 0.3) is 0 Å². The number of hydrogen-bond donors (Lipinski definition) is 1. The average molecular weight is 305 g/mol. The molecule has 21 heavy (non-hydrogen) atoms. The fraction of sp³-hybridized carbons (Fsp3) is 0.286. The van der Waals surface area contributed by atoms with Crippen LogP contribution in [-0.2, 0) is 27.4 Å². The van der Waals surface area contributed by atoms with Crippen LogP contribution < -0.4 is 5.32 Å². The topological polar surface area (TPSA) is 81.2 Å². The molecule has 0 aliphatic heterocycles.